The number of hydrogen-bond donors (Lipinski definition) is 2. The van der Waals surface area contributed by atoms with Gasteiger partial charge in [0.05, 0.1) is 13.0 Å². The van der Waals surface area contributed by atoms with Crippen LogP contribution in [0.25, 0.3) is 0 Å². The van der Waals surface area contributed by atoms with Crippen LogP contribution >= 0.6 is 0 Å². The smallest absolute Gasteiger partial charge is 0.306 e. The number of nitrogens with two attached hydrogens (primary N) is 1. The van der Waals surface area contributed by atoms with Gasteiger partial charge < -0.3 is 15.8 Å². The highest BCUT2D eigenvalue weighted by atomic mass is 19.1. The molecule has 0 aromatic heterocycles. The van der Waals surface area contributed by atoms with Crippen molar-refractivity contribution in [3.8, 4) is 0 Å². The molecule has 0 aliphatic rings. The average Bonchev–Trinajstić information content (AvgIpc) is 2.43. The molecule has 132 valence electrons. The van der Waals surface area contributed by atoms with Crippen LogP contribution in [-0.2, 0) is 14.3 Å². The van der Waals surface area contributed by atoms with Crippen LogP contribution in [0.15, 0.2) is 12.1 Å². The maximum Gasteiger partial charge on any atom is 0.306 e. The molecule has 0 aliphatic heterocycles. The highest BCUT2D eigenvalue weighted by Gasteiger charge is 2.29. The van der Waals surface area contributed by atoms with Gasteiger partial charge in [-0.15, -0.1) is 0 Å². The van der Waals surface area contributed by atoms with Crippen molar-refractivity contribution in [2.45, 2.75) is 26.3 Å². The summed E-state index contributed by atoms with van der Waals surface area (Å²) in [6.45, 7) is 3.16. The first-order valence-electron chi connectivity index (χ1n) is 7.07. The Hall–Kier alpha value is -2.58. The van der Waals surface area contributed by atoms with Gasteiger partial charge in [-0.1, -0.05) is 6.92 Å². The van der Waals surface area contributed by atoms with Crippen LogP contribution in [0.3, 0.4) is 0 Å². The monoisotopic (exact) mass is 346 g/mol. The Kier molecular flexibility index (Phi) is 6.75. The molecule has 0 bridgehead atoms. The van der Waals surface area contributed by atoms with Crippen LogP contribution in [0.4, 0.5) is 13.2 Å². The van der Waals surface area contributed by atoms with Crippen LogP contribution in [-0.4, -0.2) is 30.4 Å². The van der Waals surface area contributed by atoms with E-state index >= 15 is 0 Å². The molecule has 0 fully saturated rings. The highest BCUT2D eigenvalue weighted by molar-refractivity contribution is 5.98. The van der Waals surface area contributed by atoms with E-state index in [0.717, 1.165) is 0 Å². The lowest BCUT2D eigenvalue weighted by molar-refractivity contribution is -0.144. The van der Waals surface area contributed by atoms with Gasteiger partial charge in [-0.25, -0.2) is 13.2 Å². The summed E-state index contributed by atoms with van der Waals surface area (Å²) in [4.78, 5) is 34.9. The largest absolute Gasteiger partial charge is 0.466 e. The number of esters is 1. The fourth-order valence-corrected chi connectivity index (χ4v) is 2.07. The molecule has 6 nitrogen and oxygen atoms in total. The second-order valence-electron chi connectivity index (χ2n) is 5.08. The molecule has 0 saturated heterocycles. The number of nitrogens with one attached hydrogen (secondary N) is 1. The molecule has 3 N–H and O–H groups in total. The summed E-state index contributed by atoms with van der Waals surface area (Å²) in [6.07, 6.45) is -0.240. The summed E-state index contributed by atoms with van der Waals surface area (Å²) in [5, 5.41) is 2.06. The Morgan fingerprint density at radius 3 is 2.21 bits per heavy atom. The van der Waals surface area contributed by atoms with Crippen LogP contribution in [0.5, 0.6) is 0 Å². The van der Waals surface area contributed by atoms with Crippen molar-refractivity contribution in [2.75, 3.05) is 6.61 Å². The third-order valence-corrected chi connectivity index (χ3v) is 3.19. The summed E-state index contributed by atoms with van der Waals surface area (Å²) in [6, 6.07) is -0.704. The molecule has 0 spiro atoms. The number of hydrogen-bond acceptors (Lipinski definition) is 4. The van der Waals surface area contributed by atoms with Crippen LogP contribution in [0, 0.1) is 23.4 Å². The summed E-state index contributed by atoms with van der Waals surface area (Å²) in [5.74, 6) is -7.73. The number of benzene rings is 1. The van der Waals surface area contributed by atoms with Crippen LogP contribution in [0.1, 0.15) is 30.6 Å². The normalized spacial score (nSPS) is 13.0. The maximum absolute atomic E-state index is 13.6. The Morgan fingerprint density at radius 2 is 1.75 bits per heavy atom. The third kappa shape index (κ3) is 4.97. The summed E-state index contributed by atoms with van der Waals surface area (Å²) in [5.41, 5.74) is 4.11. The first-order valence-corrected chi connectivity index (χ1v) is 7.07. The Morgan fingerprint density at radius 1 is 1.21 bits per heavy atom. The van der Waals surface area contributed by atoms with E-state index in [0.29, 0.717) is 12.1 Å². The zero-order valence-electron chi connectivity index (χ0n) is 13.1. The molecule has 2 atom stereocenters. The van der Waals surface area contributed by atoms with Crippen molar-refractivity contribution in [2.24, 2.45) is 11.7 Å². The molecule has 2 amide bonds. The molecular weight excluding hydrogens is 329 g/mol. The molecule has 1 rings (SSSR count). The van der Waals surface area contributed by atoms with Crippen molar-refractivity contribution < 1.29 is 32.3 Å². The van der Waals surface area contributed by atoms with E-state index in [1.165, 1.54) is 6.92 Å². The zero-order chi connectivity index (χ0) is 18.4. The molecule has 0 unspecified atom stereocenters. The number of amides is 2. The number of carbonyl (C=O) groups excluding carboxylic acids is 3. The Balaban J connectivity index is 2.95. The van der Waals surface area contributed by atoms with E-state index in [4.69, 9.17) is 10.5 Å². The molecule has 0 heterocycles. The molecule has 0 radical (unpaired) electrons. The second kappa shape index (κ2) is 8.32. The van der Waals surface area contributed by atoms with Crippen molar-refractivity contribution in [1.82, 2.24) is 5.32 Å². The van der Waals surface area contributed by atoms with Gasteiger partial charge in [0.2, 0.25) is 5.91 Å². The molecule has 0 aliphatic carbocycles. The lowest BCUT2D eigenvalue weighted by atomic mass is 9.97. The van der Waals surface area contributed by atoms with Crippen LogP contribution in [0.2, 0.25) is 0 Å². The van der Waals surface area contributed by atoms with Gasteiger partial charge in [0, 0.05) is 12.1 Å². The van der Waals surface area contributed by atoms with Gasteiger partial charge in [0.1, 0.15) is 29.1 Å². The minimum absolute atomic E-state index is 0.130. The second-order valence-corrected chi connectivity index (χ2v) is 5.08. The number of carbonyl (C=O) groups is 3. The molecule has 0 saturated carbocycles. The van der Waals surface area contributed by atoms with E-state index < -0.39 is 52.8 Å². The summed E-state index contributed by atoms with van der Waals surface area (Å²) < 4.78 is 44.8. The van der Waals surface area contributed by atoms with E-state index in [9.17, 15) is 27.6 Å². The van der Waals surface area contributed by atoms with Gasteiger partial charge in [0.15, 0.2) is 0 Å². The predicted molar refractivity (Wildman–Crippen MR) is 77.2 cm³/mol. The Labute approximate surface area is 136 Å². The first-order chi connectivity index (χ1) is 11.2. The fourth-order valence-electron chi connectivity index (χ4n) is 2.07. The van der Waals surface area contributed by atoms with E-state index in [-0.39, 0.29) is 13.0 Å². The molecule has 1 aromatic rings. The lowest BCUT2D eigenvalue weighted by Crippen LogP contribution is -2.49. The maximum atomic E-state index is 13.6. The van der Waals surface area contributed by atoms with Crippen molar-refractivity contribution >= 4 is 17.8 Å². The van der Waals surface area contributed by atoms with Crippen molar-refractivity contribution in [3.63, 3.8) is 0 Å². The van der Waals surface area contributed by atoms with Crippen molar-refractivity contribution in [3.05, 3.63) is 35.1 Å². The van der Waals surface area contributed by atoms with E-state index in [1.54, 1.807) is 6.92 Å². The molecule has 9 heteroatoms. The lowest BCUT2D eigenvalue weighted by Gasteiger charge is -2.22. The van der Waals surface area contributed by atoms with E-state index in [1.807, 2.05) is 0 Å². The van der Waals surface area contributed by atoms with Gasteiger partial charge in [-0.3, -0.25) is 14.4 Å². The molecular formula is C15H17F3N2O4. The zero-order valence-corrected chi connectivity index (χ0v) is 13.1. The number of halogens is 3. The van der Waals surface area contributed by atoms with Gasteiger partial charge in [0.25, 0.3) is 5.91 Å². The summed E-state index contributed by atoms with van der Waals surface area (Å²) in [7, 11) is 0. The average molecular weight is 346 g/mol. The number of primary amides is 1. The first kappa shape index (κ1) is 19.5. The van der Waals surface area contributed by atoms with E-state index in [2.05, 4.69) is 5.32 Å². The van der Waals surface area contributed by atoms with Gasteiger partial charge in [-0.2, -0.15) is 0 Å². The Bertz CT molecular complexity index is 629. The van der Waals surface area contributed by atoms with Crippen molar-refractivity contribution in [1.29, 1.82) is 0 Å². The number of ether oxygens (including phenoxy) is 1. The SMILES string of the molecule is CCOC(=O)C[C@@H](C)[C@H](NC(=O)c1c(F)cc(F)cc1F)C(N)=O. The topological polar surface area (TPSA) is 98.5 Å². The number of rotatable bonds is 7. The predicted octanol–water partition coefficient (Wildman–Crippen LogP) is 1.28. The third-order valence-electron chi connectivity index (χ3n) is 3.19. The van der Waals surface area contributed by atoms with Gasteiger partial charge in [-0.05, 0) is 12.8 Å². The molecule has 24 heavy (non-hydrogen) atoms. The standard InChI is InChI=1S/C15H17F3N2O4/c1-3-24-11(21)4-7(2)13(14(19)22)20-15(23)12-9(17)5-8(16)6-10(12)18/h5-7,13H,3-4H2,1-2H3,(H2,19,22)(H,20,23)/t7-,13+/m1/s1. The highest BCUT2D eigenvalue weighted by Crippen LogP contribution is 2.16. The summed E-state index contributed by atoms with van der Waals surface area (Å²) >= 11 is 0. The van der Waals surface area contributed by atoms with Gasteiger partial charge >= 0.3 is 5.97 Å². The quantitative estimate of drug-likeness (QED) is 0.727. The minimum atomic E-state index is -1.42. The fraction of sp³-hybridized carbons (Fsp3) is 0.400. The molecule has 1 aromatic carbocycles. The van der Waals surface area contributed by atoms with Crippen LogP contribution < -0.4 is 11.1 Å². The minimum Gasteiger partial charge on any atom is -0.466 e.